The van der Waals surface area contributed by atoms with Crippen LogP contribution in [0.1, 0.15) is 16.9 Å². The van der Waals surface area contributed by atoms with Crippen molar-refractivity contribution in [2.45, 2.75) is 13.0 Å². The maximum Gasteiger partial charge on any atom is 0.273 e. The van der Waals surface area contributed by atoms with Crippen molar-refractivity contribution in [3.8, 4) is 11.3 Å². The van der Waals surface area contributed by atoms with Crippen molar-refractivity contribution in [3.05, 3.63) is 60.9 Å². The Morgan fingerprint density at radius 1 is 1.35 bits per heavy atom. The molecule has 0 fully saturated rings. The van der Waals surface area contributed by atoms with Crippen molar-refractivity contribution in [3.63, 3.8) is 0 Å². The van der Waals surface area contributed by atoms with Gasteiger partial charge in [-0.15, -0.1) is 0 Å². The molecule has 0 atom stereocenters. The molecule has 0 bridgehead atoms. The first-order chi connectivity index (χ1) is 11.3. The first-order valence-electron chi connectivity index (χ1n) is 7.18. The average molecular weight is 314 g/mol. The van der Waals surface area contributed by atoms with Gasteiger partial charge in [0.05, 0.1) is 11.9 Å². The second kappa shape index (κ2) is 6.87. The Hall–Kier alpha value is -2.96. The third kappa shape index (κ3) is 3.45. The van der Waals surface area contributed by atoms with E-state index in [4.69, 9.17) is 4.42 Å². The molecule has 3 aromatic rings. The number of hydrogen-bond donors (Lipinski definition) is 1. The summed E-state index contributed by atoms with van der Waals surface area (Å²) in [6, 6.07) is 6.11. The van der Waals surface area contributed by atoms with Gasteiger partial charge in [-0.05, 0) is 18.6 Å². The van der Waals surface area contributed by atoms with Crippen LogP contribution in [0.15, 0.2) is 53.8 Å². The van der Waals surface area contributed by atoms with E-state index in [1.54, 1.807) is 30.7 Å². The highest BCUT2D eigenvalue weighted by Crippen LogP contribution is 2.25. The van der Waals surface area contributed by atoms with Crippen LogP contribution in [0.5, 0.6) is 0 Å². The SMILES string of the molecule is O=C(NCCCn1ccnc1)c1ncoc1-c1ccccc1F. The topological polar surface area (TPSA) is 73.0 Å². The molecule has 0 radical (unpaired) electrons. The monoisotopic (exact) mass is 314 g/mol. The number of rotatable bonds is 6. The predicted octanol–water partition coefficient (Wildman–Crippen LogP) is 2.50. The van der Waals surface area contributed by atoms with E-state index in [1.165, 1.54) is 6.07 Å². The predicted molar refractivity (Wildman–Crippen MR) is 81.1 cm³/mol. The molecule has 1 aromatic carbocycles. The smallest absolute Gasteiger partial charge is 0.273 e. The molecule has 23 heavy (non-hydrogen) atoms. The molecule has 0 saturated heterocycles. The van der Waals surface area contributed by atoms with Gasteiger partial charge >= 0.3 is 0 Å². The van der Waals surface area contributed by atoms with Crippen molar-refractivity contribution in [1.29, 1.82) is 0 Å². The standard InChI is InChI=1S/C16H15FN4O2/c17-13-5-2-1-4-12(13)15-14(20-11-23-15)16(22)19-6-3-8-21-9-7-18-10-21/h1-2,4-5,7,9-11H,3,6,8H2,(H,19,22). The largest absolute Gasteiger partial charge is 0.443 e. The van der Waals surface area contributed by atoms with Crippen LogP contribution in [0.25, 0.3) is 11.3 Å². The minimum absolute atomic E-state index is 0.0812. The summed E-state index contributed by atoms with van der Waals surface area (Å²) in [5.41, 5.74) is 0.297. The number of nitrogens with one attached hydrogen (secondary N) is 1. The van der Waals surface area contributed by atoms with Gasteiger partial charge in [-0.1, -0.05) is 12.1 Å². The number of hydrogen-bond acceptors (Lipinski definition) is 4. The van der Waals surface area contributed by atoms with Crippen LogP contribution in [-0.2, 0) is 6.54 Å². The fraction of sp³-hybridized carbons (Fsp3) is 0.188. The van der Waals surface area contributed by atoms with Gasteiger partial charge in [-0.25, -0.2) is 14.4 Å². The van der Waals surface area contributed by atoms with Crippen LogP contribution in [0.4, 0.5) is 4.39 Å². The Bertz CT molecular complexity index is 783. The number of halogens is 1. The first-order valence-corrected chi connectivity index (χ1v) is 7.18. The summed E-state index contributed by atoms with van der Waals surface area (Å²) < 4.78 is 20.9. The number of oxazole rings is 1. The second-order valence-corrected chi connectivity index (χ2v) is 4.92. The van der Waals surface area contributed by atoms with Gasteiger partial charge in [-0.3, -0.25) is 4.79 Å². The molecule has 6 nitrogen and oxygen atoms in total. The zero-order chi connectivity index (χ0) is 16.1. The van der Waals surface area contributed by atoms with Crippen molar-refractivity contribution < 1.29 is 13.6 Å². The van der Waals surface area contributed by atoms with Crippen LogP contribution in [0, 0.1) is 5.82 Å². The summed E-state index contributed by atoms with van der Waals surface area (Å²) in [6.07, 6.45) is 7.16. The van der Waals surface area contributed by atoms with Crippen LogP contribution in [-0.4, -0.2) is 27.0 Å². The number of imidazole rings is 1. The third-order valence-corrected chi connectivity index (χ3v) is 3.34. The summed E-state index contributed by atoms with van der Waals surface area (Å²) in [5.74, 6) is -0.712. The molecule has 1 N–H and O–H groups in total. The Labute approximate surface area is 132 Å². The highest BCUT2D eigenvalue weighted by molar-refractivity contribution is 5.97. The minimum atomic E-state index is -0.460. The molecule has 7 heteroatoms. The molecule has 2 heterocycles. The lowest BCUT2D eigenvalue weighted by Gasteiger charge is -2.05. The summed E-state index contributed by atoms with van der Waals surface area (Å²) in [7, 11) is 0. The summed E-state index contributed by atoms with van der Waals surface area (Å²) in [4.78, 5) is 20.0. The lowest BCUT2D eigenvalue weighted by Crippen LogP contribution is -2.26. The van der Waals surface area contributed by atoms with Crippen LogP contribution in [0.2, 0.25) is 0 Å². The summed E-state index contributed by atoms with van der Waals surface area (Å²) in [5, 5.41) is 2.76. The molecule has 0 aliphatic rings. The molecular weight excluding hydrogens is 299 g/mol. The van der Waals surface area contributed by atoms with Crippen molar-refractivity contribution in [2.24, 2.45) is 0 Å². The van der Waals surface area contributed by atoms with E-state index in [1.807, 2.05) is 10.8 Å². The minimum Gasteiger partial charge on any atom is -0.443 e. The van der Waals surface area contributed by atoms with Gasteiger partial charge in [-0.2, -0.15) is 0 Å². The molecule has 0 aliphatic heterocycles. The number of carbonyl (C=O) groups is 1. The highest BCUT2D eigenvalue weighted by Gasteiger charge is 2.20. The molecule has 118 valence electrons. The Kier molecular flexibility index (Phi) is 4.46. The Morgan fingerprint density at radius 2 is 2.22 bits per heavy atom. The number of amides is 1. The van der Waals surface area contributed by atoms with Gasteiger partial charge in [0.25, 0.3) is 5.91 Å². The van der Waals surface area contributed by atoms with E-state index in [9.17, 15) is 9.18 Å². The third-order valence-electron chi connectivity index (χ3n) is 3.34. The van der Waals surface area contributed by atoms with Gasteiger partial charge in [0.15, 0.2) is 17.8 Å². The summed E-state index contributed by atoms with van der Waals surface area (Å²) in [6.45, 7) is 1.22. The van der Waals surface area contributed by atoms with Gasteiger partial charge in [0, 0.05) is 25.5 Å². The molecule has 3 rings (SSSR count). The number of nitrogens with zero attached hydrogens (tertiary/aromatic N) is 3. The normalized spacial score (nSPS) is 10.7. The van der Waals surface area contributed by atoms with Gasteiger partial charge in [0.2, 0.25) is 0 Å². The number of aryl methyl sites for hydroxylation is 1. The van der Waals surface area contributed by atoms with Crippen molar-refractivity contribution in [1.82, 2.24) is 19.9 Å². The van der Waals surface area contributed by atoms with E-state index >= 15 is 0 Å². The fourth-order valence-corrected chi connectivity index (χ4v) is 2.21. The maximum absolute atomic E-state index is 13.8. The lowest BCUT2D eigenvalue weighted by molar-refractivity contribution is 0.0948. The average Bonchev–Trinajstić information content (AvgIpc) is 3.23. The Morgan fingerprint density at radius 3 is 3.00 bits per heavy atom. The quantitative estimate of drug-likeness (QED) is 0.710. The molecule has 0 spiro atoms. The first kappa shape index (κ1) is 15.0. The second-order valence-electron chi connectivity index (χ2n) is 4.92. The molecule has 0 saturated carbocycles. The molecule has 1 amide bonds. The molecular formula is C16H15FN4O2. The van der Waals surface area contributed by atoms with Crippen molar-refractivity contribution in [2.75, 3.05) is 6.54 Å². The van der Waals surface area contributed by atoms with Gasteiger partial charge < -0.3 is 14.3 Å². The number of carbonyl (C=O) groups excluding carboxylic acids is 1. The highest BCUT2D eigenvalue weighted by atomic mass is 19.1. The number of aromatic nitrogens is 3. The van der Waals surface area contributed by atoms with E-state index in [2.05, 4.69) is 15.3 Å². The number of benzene rings is 1. The summed E-state index contributed by atoms with van der Waals surface area (Å²) >= 11 is 0. The zero-order valence-corrected chi connectivity index (χ0v) is 12.3. The molecule has 0 unspecified atom stereocenters. The maximum atomic E-state index is 13.8. The van der Waals surface area contributed by atoms with E-state index in [0.717, 1.165) is 19.4 Å². The zero-order valence-electron chi connectivity index (χ0n) is 12.3. The van der Waals surface area contributed by atoms with Crippen LogP contribution >= 0.6 is 0 Å². The lowest BCUT2D eigenvalue weighted by atomic mass is 10.1. The Balaban J connectivity index is 1.62. The van der Waals surface area contributed by atoms with Crippen LogP contribution in [0.3, 0.4) is 0 Å². The van der Waals surface area contributed by atoms with E-state index < -0.39 is 5.82 Å². The molecule has 2 aromatic heterocycles. The molecule has 0 aliphatic carbocycles. The van der Waals surface area contributed by atoms with E-state index in [0.29, 0.717) is 6.54 Å². The fourth-order valence-electron chi connectivity index (χ4n) is 2.21. The van der Waals surface area contributed by atoms with E-state index in [-0.39, 0.29) is 22.9 Å². The van der Waals surface area contributed by atoms with Crippen molar-refractivity contribution >= 4 is 5.91 Å². The van der Waals surface area contributed by atoms with Gasteiger partial charge in [0.1, 0.15) is 5.82 Å². The van der Waals surface area contributed by atoms with Crippen LogP contribution < -0.4 is 5.32 Å².